The lowest BCUT2D eigenvalue weighted by Crippen LogP contribution is -2.30. The lowest BCUT2D eigenvalue weighted by atomic mass is 10.4. The predicted octanol–water partition coefficient (Wildman–Crippen LogP) is 1.39. The van der Waals surface area contributed by atoms with Gasteiger partial charge in [-0.25, -0.2) is 0 Å². The van der Waals surface area contributed by atoms with Crippen LogP contribution >= 0.6 is 11.8 Å². The van der Waals surface area contributed by atoms with Crippen LogP contribution in [0.25, 0.3) is 0 Å². The number of aliphatic hydroxyl groups excluding tert-OH is 1. The third kappa shape index (κ3) is 3.18. The maximum absolute atomic E-state index is 11.8. The minimum Gasteiger partial charge on any atom is -0.416 e. The van der Waals surface area contributed by atoms with Crippen molar-refractivity contribution in [1.29, 1.82) is 0 Å². The summed E-state index contributed by atoms with van der Waals surface area (Å²) < 4.78 is 40.3. The molecule has 14 heavy (non-hydrogen) atoms. The van der Waals surface area contributed by atoms with E-state index in [1.807, 2.05) is 0 Å². The first-order valence-electron chi connectivity index (χ1n) is 3.57. The van der Waals surface area contributed by atoms with E-state index in [-0.39, 0.29) is 11.1 Å². The summed E-state index contributed by atoms with van der Waals surface area (Å²) >= 11 is 0.666. The van der Waals surface area contributed by atoms with E-state index in [1.54, 1.807) is 0 Å². The molecule has 0 spiro atoms. The highest BCUT2D eigenvalue weighted by Gasteiger charge is 2.38. The van der Waals surface area contributed by atoms with E-state index in [9.17, 15) is 13.2 Å². The van der Waals surface area contributed by atoms with Gasteiger partial charge in [-0.3, -0.25) is 0 Å². The van der Waals surface area contributed by atoms with Crippen molar-refractivity contribution in [3.8, 4) is 0 Å². The number of hydrogen-bond donors (Lipinski definition) is 1. The van der Waals surface area contributed by atoms with Crippen LogP contribution in [0.4, 0.5) is 13.2 Å². The van der Waals surface area contributed by atoms with Crippen molar-refractivity contribution in [1.82, 2.24) is 10.2 Å². The highest BCUT2D eigenvalue weighted by Crippen LogP contribution is 2.25. The molecule has 0 saturated carbocycles. The smallest absolute Gasteiger partial charge is 0.415 e. The summed E-state index contributed by atoms with van der Waals surface area (Å²) in [6.07, 6.45) is -6.98. The standard InChI is InChI=1S/C6H7F3N2O2S/c1-3-10-11-5(13-3)14-2-4(12)6(7,8)9/h4,12H,2H2,1H3. The second-order valence-corrected chi connectivity index (χ2v) is 3.43. The minimum atomic E-state index is -4.61. The molecule has 1 N–H and O–H groups in total. The average molecular weight is 228 g/mol. The van der Waals surface area contributed by atoms with E-state index in [4.69, 9.17) is 9.52 Å². The summed E-state index contributed by atoms with van der Waals surface area (Å²) in [7, 11) is 0. The van der Waals surface area contributed by atoms with Crippen molar-refractivity contribution < 1.29 is 22.7 Å². The van der Waals surface area contributed by atoms with E-state index in [2.05, 4.69) is 10.2 Å². The van der Waals surface area contributed by atoms with Crippen LogP contribution < -0.4 is 0 Å². The van der Waals surface area contributed by atoms with Gasteiger partial charge in [0.1, 0.15) is 0 Å². The third-order valence-corrected chi connectivity index (χ3v) is 2.14. The Kier molecular flexibility index (Phi) is 3.38. The second-order valence-electron chi connectivity index (χ2n) is 2.46. The molecule has 1 heterocycles. The minimum absolute atomic E-state index is 0.0193. The highest BCUT2D eigenvalue weighted by atomic mass is 32.2. The average Bonchev–Trinajstić information content (AvgIpc) is 2.45. The Morgan fingerprint density at radius 3 is 2.57 bits per heavy atom. The lowest BCUT2D eigenvalue weighted by Gasteiger charge is -2.12. The van der Waals surface area contributed by atoms with Crippen LogP contribution in [0.5, 0.6) is 0 Å². The van der Waals surface area contributed by atoms with Crippen molar-refractivity contribution in [2.24, 2.45) is 0 Å². The quantitative estimate of drug-likeness (QED) is 0.792. The first kappa shape index (κ1) is 11.3. The fourth-order valence-corrected chi connectivity index (χ4v) is 1.35. The molecule has 0 fully saturated rings. The van der Waals surface area contributed by atoms with Crippen LogP contribution in [0.2, 0.25) is 0 Å². The van der Waals surface area contributed by atoms with Gasteiger partial charge in [0, 0.05) is 12.7 Å². The monoisotopic (exact) mass is 228 g/mol. The maximum atomic E-state index is 11.8. The molecule has 8 heteroatoms. The number of nitrogens with zero attached hydrogens (tertiary/aromatic N) is 2. The molecule has 0 saturated heterocycles. The van der Waals surface area contributed by atoms with Crippen LogP contribution in [0, 0.1) is 6.92 Å². The number of thioether (sulfide) groups is 1. The van der Waals surface area contributed by atoms with Crippen LogP contribution in [-0.2, 0) is 0 Å². The van der Waals surface area contributed by atoms with Gasteiger partial charge in [0.25, 0.3) is 5.22 Å². The number of aromatic nitrogens is 2. The molecule has 0 aromatic carbocycles. The summed E-state index contributed by atoms with van der Waals surface area (Å²) in [6, 6.07) is 0. The molecule has 1 rings (SSSR count). The van der Waals surface area contributed by atoms with Crippen LogP contribution in [0.15, 0.2) is 9.64 Å². The Balaban J connectivity index is 2.41. The summed E-state index contributed by atoms with van der Waals surface area (Å²) in [4.78, 5) is 0. The highest BCUT2D eigenvalue weighted by molar-refractivity contribution is 7.99. The van der Waals surface area contributed by atoms with E-state index >= 15 is 0 Å². The van der Waals surface area contributed by atoms with Crippen molar-refractivity contribution in [3.05, 3.63) is 5.89 Å². The molecule has 0 radical (unpaired) electrons. The van der Waals surface area contributed by atoms with Crippen molar-refractivity contribution in [2.45, 2.75) is 24.4 Å². The number of rotatable bonds is 3. The van der Waals surface area contributed by atoms with E-state index in [0.717, 1.165) is 0 Å². The number of aliphatic hydroxyl groups is 1. The molecule has 4 nitrogen and oxygen atoms in total. The molecule has 0 aliphatic rings. The van der Waals surface area contributed by atoms with Gasteiger partial charge >= 0.3 is 6.18 Å². The molecular formula is C6H7F3N2O2S. The number of alkyl halides is 3. The molecule has 1 aromatic heterocycles. The number of aryl methyl sites for hydroxylation is 1. The van der Waals surface area contributed by atoms with Gasteiger partial charge in [-0.15, -0.1) is 10.2 Å². The summed E-state index contributed by atoms with van der Waals surface area (Å²) in [6.45, 7) is 1.53. The SMILES string of the molecule is Cc1nnc(SCC(O)C(F)(F)F)o1. The zero-order valence-electron chi connectivity index (χ0n) is 7.08. The summed E-state index contributed by atoms with van der Waals surface area (Å²) in [5.74, 6) is -0.278. The van der Waals surface area contributed by atoms with Crippen molar-refractivity contribution in [3.63, 3.8) is 0 Å². The van der Waals surface area contributed by atoms with Gasteiger partial charge in [-0.2, -0.15) is 13.2 Å². The van der Waals surface area contributed by atoms with E-state index in [1.165, 1.54) is 6.92 Å². The second kappa shape index (κ2) is 4.18. The normalized spacial score (nSPS) is 14.4. The molecule has 80 valence electrons. The maximum Gasteiger partial charge on any atom is 0.415 e. The number of halogens is 3. The van der Waals surface area contributed by atoms with Gasteiger partial charge in [-0.05, 0) is 0 Å². The van der Waals surface area contributed by atoms with Crippen molar-refractivity contribution >= 4 is 11.8 Å². The molecule has 1 aromatic rings. The Morgan fingerprint density at radius 1 is 1.50 bits per heavy atom. The Morgan fingerprint density at radius 2 is 2.14 bits per heavy atom. The van der Waals surface area contributed by atoms with Crippen molar-refractivity contribution in [2.75, 3.05) is 5.75 Å². The molecule has 0 amide bonds. The molecule has 0 aliphatic heterocycles. The van der Waals surface area contributed by atoms with Gasteiger partial charge in [-0.1, -0.05) is 11.8 Å². The predicted molar refractivity (Wildman–Crippen MR) is 41.8 cm³/mol. The van der Waals surface area contributed by atoms with Gasteiger partial charge in [0.15, 0.2) is 6.10 Å². The van der Waals surface area contributed by atoms with Gasteiger partial charge in [0.2, 0.25) is 5.89 Å². The third-order valence-electron chi connectivity index (χ3n) is 1.25. The van der Waals surface area contributed by atoms with Gasteiger partial charge < -0.3 is 9.52 Å². The molecule has 0 aliphatic carbocycles. The largest absolute Gasteiger partial charge is 0.416 e. The first-order valence-corrected chi connectivity index (χ1v) is 4.56. The molecular weight excluding hydrogens is 221 g/mol. The fourth-order valence-electron chi connectivity index (χ4n) is 0.581. The summed E-state index contributed by atoms with van der Waals surface area (Å²) in [5.41, 5.74) is 0. The summed E-state index contributed by atoms with van der Waals surface area (Å²) in [5, 5.41) is 15.5. The number of hydrogen-bond acceptors (Lipinski definition) is 5. The molecule has 0 bridgehead atoms. The Labute approximate surface area is 81.5 Å². The molecule has 1 unspecified atom stereocenters. The Bertz CT molecular complexity index is 302. The van der Waals surface area contributed by atoms with E-state index in [0.29, 0.717) is 11.8 Å². The zero-order chi connectivity index (χ0) is 10.8. The van der Waals surface area contributed by atoms with Gasteiger partial charge in [0.05, 0.1) is 0 Å². The van der Waals surface area contributed by atoms with Crippen LogP contribution in [0.1, 0.15) is 5.89 Å². The van der Waals surface area contributed by atoms with E-state index < -0.39 is 18.0 Å². The van der Waals surface area contributed by atoms with Crippen LogP contribution in [0.3, 0.4) is 0 Å². The molecule has 1 atom stereocenters. The first-order chi connectivity index (χ1) is 6.39. The fraction of sp³-hybridized carbons (Fsp3) is 0.667. The van der Waals surface area contributed by atoms with Crippen LogP contribution in [-0.4, -0.2) is 33.3 Å². The zero-order valence-corrected chi connectivity index (χ0v) is 7.89. The topological polar surface area (TPSA) is 59.2 Å². The lowest BCUT2D eigenvalue weighted by molar-refractivity contribution is -0.195. The Hall–Kier alpha value is -0.760.